The summed E-state index contributed by atoms with van der Waals surface area (Å²) in [6.07, 6.45) is 0. The minimum absolute atomic E-state index is 0.208. The normalized spacial score (nSPS) is 13.2. The zero-order valence-electron chi connectivity index (χ0n) is 29.7. The molecule has 0 saturated heterocycles. The molecule has 0 spiro atoms. The van der Waals surface area contributed by atoms with Gasteiger partial charge in [0.25, 0.3) is 0 Å². The second-order valence-corrected chi connectivity index (χ2v) is 15.0. The van der Waals surface area contributed by atoms with Gasteiger partial charge in [-0.2, -0.15) is 0 Å². The van der Waals surface area contributed by atoms with Gasteiger partial charge < -0.3 is 9.47 Å². The van der Waals surface area contributed by atoms with Crippen molar-refractivity contribution in [2.45, 2.75) is 19.3 Å². The Morgan fingerprint density at radius 1 is 0.396 bits per heavy atom. The zero-order chi connectivity index (χ0) is 35.3. The van der Waals surface area contributed by atoms with Crippen LogP contribution in [0.1, 0.15) is 25.0 Å². The molecule has 11 rings (SSSR count). The quantitative estimate of drug-likeness (QED) is 0.180. The van der Waals surface area contributed by atoms with Gasteiger partial charge in [0.05, 0.1) is 11.0 Å². The number of rotatable bonds is 4. The van der Waals surface area contributed by atoms with Crippen LogP contribution in [0.4, 0.5) is 17.1 Å². The molecule has 2 heteroatoms. The van der Waals surface area contributed by atoms with E-state index in [2.05, 4.69) is 205 Å². The highest BCUT2D eigenvalue weighted by atomic mass is 15.1. The van der Waals surface area contributed by atoms with Crippen LogP contribution in [-0.4, -0.2) is 4.57 Å². The summed E-state index contributed by atoms with van der Waals surface area (Å²) in [5, 5.41) is 10.2. The maximum absolute atomic E-state index is 2.49. The predicted octanol–water partition coefficient (Wildman–Crippen LogP) is 14.0. The average Bonchev–Trinajstić information content (AvgIpc) is 3.67. The van der Waals surface area contributed by atoms with Gasteiger partial charge in [0.15, 0.2) is 0 Å². The van der Waals surface area contributed by atoms with E-state index in [1.54, 1.807) is 0 Å². The molecular formula is C51H36N2. The summed E-state index contributed by atoms with van der Waals surface area (Å²) in [5.41, 5.74) is 12.2. The van der Waals surface area contributed by atoms with Crippen LogP contribution in [0.25, 0.3) is 70.9 Å². The molecule has 0 radical (unpaired) electrons. The molecule has 0 saturated carbocycles. The van der Waals surface area contributed by atoms with Crippen molar-refractivity contribution < 1.29 is 0 Å². The molecule has 0 amide bonds. The first-order valence-corrected chi connectivity index (χ1v) is 18.5. The number of fused-ring (bicyclic) bond motifs is 11. The van der Waals surface area contributed by atoms with Gasteiger partial charge in [-0.1, -0.05) is 135 Å². The number of anilines is 3. The predicted molar refractivity (Wildman–Crippen MR) is 226 cm³/mol. The molecule has 2 nitrogen and oxygen atoms in total. The van der Waals surface area contributed by atoms with E-state index in [0.29, 0.717) is 0 Å². The van der Waals surface area contributed by atoms with E-state index in [9.17, 15) is 0 Å². The molecule has 1 aliphatic carbocycles. The van der Waals surface area contributed by atoms with Crippen LogP contribution in [0.3, 0.4) is 0 Å². The molecule has 0 fully saturated rings. The fraction of sp³-hybridized carbons (Fsp3) is 0.0588. The second-order valence-electron chi connectivity index (χ2n) is 15.0. The van der Waals surface area contributed by atoms with Crippen molar-refractivity contribution in [1.29, 1.82) is 0 Å². The Hall–Kier alpha value is -6.64. The third-order valence-corrected chi connectivity index (χ3v) is 11.7. The first-order valence-electron chi connectivity index (χ1n) is 18.5. The lowest BCUT2D eigenvalue weighted by Gasteiger charge is -2.28. The lowest BCUT2D eigenvalue weighted by Crippen LogP contribution is -2.17. The summed E-state index contributed by atoms with van der Waals surface area (Å²) in [7, 11) is 0. The number of hydrogen-bond acceptors (Lipinski definition) is 1. The van der Waals surface area contributed by atoms with E-state index in [4.69, 9.17) is 0 Å². The van der Waals surface area contributed by atoms with Gasteiger partial charge >= 0.3 is 0 Å². The maximum Gasteiger partial charge on any atom is 0.0547 e. The SMILES string of the molecule is CC1(C)c2cc(N(c3ccccc3)c3ccc4ccccc4c3)ccc2-c2ccc(-n3c4ccc5ccccc5c4c4c5ccccc5ccc43)cc21. The Bertz CT molecular complexity index is 3000. The van der Waals surface area contributed by atoms with Crippen molar-refractivity contribution in [1.82, 2.24) is 4.57 Å². The van der Waals surface area contributed by atoms with Crippen LogP contribution < -0.4 is 4.90 Å². The third kappa shape index (κ3) is 4.39. The van der Waals surface area contributed by atoms with Gasteiger partial charge in [-0.15, -0.1) is 0 Å². The average molecular weight is 677 g/mol. The van der Waals surface area contributed by atoms with Crippen molar-refractivity contribution in [3.8, 4) is 16.8 Å². The number of hydrogen-bond donors (Lipinski definition) is 0. The lowest BCUT2D eigenvalue weighted by molar-refractivity contribution is 0.660. The fourth-order valence-corrected chi connectivity index (χ4v) is 9.16. The van der Waals surface area contributed by atoms with Crippen LogP contribution in [0, 0.1) is 0 Å². The molecule has 1 aliphatic rings. The summed E-state index contributed by atoms with van der Waals surface area (Å²) in [6.45, 7) is 4.78. The van der Waals surface area contributed by atoms with E-state index in [1.807, 2.05) is 0 Å². The zero-order valence-corrected chi connectivity index (χ0v) is 29.7. The highest BCUT2D eigenvalue weighted by Crippen LogP contribution is 2.52. The summed E-state index contributed by atoms with van der Waals surface area (Å²) in [4.78, 5) is 2.39. The van der Waals surface area contributed by atoms with E-state index in [1.165, 1.54) is 82.1 Å². The van der Waals surface area contributed by atoms with Gasteiger partial charge in [0, 0.05) is 38.9 Å². The van der Waals surface area contributed by atoms with Crippen molar-refractivity contribution in [3.63, 3.8) is 0 Å². The minimum Gasteiger partial charge on any atom is -0.310 e. The van der Waals surface area contributed by atoms with Crippen LogP contribution in [0.15, 0.2) is 182 Å². The lowest BCUT2D eigenvalue weighted by atomic mass is 9.82. The van der Waals surface area contributed by atoms with Gasteiger partial charge in [0.2, 0.25) is 0 Å². The Morgan fingerprint density at radius 2 is 0.906 bits per heavy atom. The van der Waals surface area contributed by atoms with Crippen LogP contribution >= 0.6 is 0 Å². The second kappa shape index (κ2) is 11.2. The standard InChI is InChI=1S/C51H36N2/c1-51(2)45-31-39(52(37-16-4-3-5-17-37)38-23-20-33-12-6-7-15-36(33)30-38)24-26-43(45)44-27-25-40(32-46(44)51)53-47-28-21-34-13-8-10-18-41(34)49(47)50-42-19-11-9-14-35(42)22-29-48(50)53/h3-32H,1-2H3. The summed E-state index contributed by atoms with van der Waals surface area (Å²) < 4.78 is 2.49. The molecule has 0 bridgehead atoms. The Labute approximate surface area is 308 Å². The number of para-hydroxylation sites is 1. The molecule has 1 heterocycles. The molecule has 0 unspecified atom stereocenters. The van der Waals surface area contributed by atoms with E-state index < -0.39 is 0 Å². The topological polar surface area (TPSA) is 8.17 Å². The highest BCUT2D eigenvalue weighted by molar-refractivity contribution is 6.28. The summed E-state index contributed by atoms with van der Waals surface area (Å²) in [6, 6.07) is 67.1. The van der Waals surface area contributed by atoms with Crippen molar-refractivity contribution >= 4 is 71.2 Å². The van der Waals surface area contributed by atoms with Crippen molar-refractivity contribution in [2.24, 2.45) is 0 Å². The fourth-order valence-electron chi connectivity index (χ4n) is 9.16. The molecule has 250 valence electrons. The highest BCUT2D eigenvalue weighted by Gasteiger charge is 2.36. The van der Waals surface area contributed by atoms with Gasteiger partial charge in [0.1, 0.15) is 0 Å². The molecule has 10 aromatic rings. The first kappa shape index (κ1) is 30.0. The molecule has 0 aliphatic heterocycles. The maximum atomic E-state index is 2.49. The summed E-state index contributed by atoms with van der Waals surface area (Å²) in [5.74, 6) is 0. The van der Waals surface area contributed by atoms with Crippen LogP contribution in [0.2, 0.25) is 0 Å². The van der Waals surface area contributed by atoms with E-state index in [0.717, 1.165) is 17.1 Å². The molecule has 9 aromatic carbocycles. The van der Waals surface area contributed by atoms with Crippen molar-refractivity contribution in [2.75, 3.05) is 4.90 Å². The smallest absolute Gasteiger partial charge is 0.0547 e. The molecule has 53 heavy (non-hydrogen) atoms. The number of benzene rings is 9. The van der Waals surface area contributed by atoms with Crippen LogP contribution in [0.5, 0.6) is 0 Å². The monoisotopic (exact) mass is 676 g/mol. The molecule has 0 atom stereocenters. The van der Waals surface area contributed by atoms with E-state index >= 15 is 0 Å². The number of aromatic nitrogens is 1. The van der Waals surface area contributed by atoms with Gasteiger partial charge in [-0.05, 0) is 115 Å². The van der Waals surface area contributed by atoms with Gasteiger partial charge in [-0.25, -0.2) is 0 Å². The number of nitrogens with zero attached hydrogens (tertiary/aromatic N) is 2. The third-order valence-electron chi connectivity index (χ3n) is 11.7. The van der Waals surface area contributed by atoms with Crippen LogP contribution in [-0.2, 0) is 5.41 Å². The first-order chi connectivity index (χ1) is 26.0. The van der Waals surface area contributed by atoms with Crippen molar-refractivity contribution in [3.05, 3.63) is 193 Å². The largest absolute Gasteiger partial charge is 0.310 e. The Kier molecular flexibility index (Phi) is 6.33. The summed E-state index contributed by atoms with van der Waals surface area (Å²) >= 11 is 0. The Morgan fingerprint density at radius 3 is 1.58 bits per heavy atom. The van der Waals surface area contributed by atoms with Gasteiger partial charge in [-0.3, -0.25) is 0 Å². The molecule has 0 N–H and O–H groups in total. The Balaban J connectivity index is 1.09. The van der Waals surface area contributed by atoms with E-state index in [-0.39, 0.29) is 5.41 Å². The molecule has 1 aromatic heterocycles. The minimum atomic E-state index is -0.208. The molecular weight excluding hydrogens is 641 g/mol.